The first-order valence-corrected chi connectivity index (χ1v) is 11.5. The lowest BCUT2D eigenvalue weighted by Gasteiger charge is -2.60. The van der Waals surface area contributed by atoms with Crippen LogP contribution in [0.2, 0.25) is 0 Å². The molecule has 0 saturated heterocycles. The molecule has 3 fully saturated rings. The van der Waals surface area contributed by atoms with Gasteiger partial charge in [-0.15, -0.1) is 0 Å². The average molecular weight is 451 g/mol. The van der Waals surface area contributed by atoms with Crippen LogP contribution in [-0.2, 0) is 19.1 Å². The van der Waals surface area contributed by atoms with E-state index in [1.165, 1.54) is 19.3 Å². The number of allylic oxidation sites excluding steroid dienone is 4. The first-order valence-electron chi connectivity index (χ1n) is 11.1. The highest BCUT2D eigenvalue weighted by Crippen LogP contribution is 2.68. The van der Waals surface area contributed by atoms with Gasteiger partial charge in [0.25, 0.3) is 0 Å². The molecule has 0 aromatic heterocycles. The second-order valence-corrected chi connectivity index (χ2v) is 10.4. The molecular weight excluding hydrogens is 419 g/mol. The number of ketones is 1. The second-order valence-electron chi connectivity index (χ2n) is 9.99. The average Bonchev–Trinajstić information content (AvgIpc) is 3.01. The van der Waals surface area contributed by atoms with Gasteiger partial charge in [0.05, 0.1) is 13.2 Å². The van der Waals surface area contributed by atoms with E-state index in [9.17, 15) is 14.7 Å². The third-order valence-corrected chi connectivity index (χ3v) is 9.19. The van der Waals surface area contributed by atoms with Crippen molar-refractivity contribution in [2.24, 2.45) is 28.6 Å². The molecule has 0 radical (unpaired) electrons. The van der Waals surface area contributed by atoms with Crippen LogP contribution < -0.4 is 0 Å². The molecule has 3 saturated carbocycles. The maximum Gasteiger partial charge on any atom is 0.306 e. The number of ether oxygens (including phenoxy) is 2. The number of carbonyl (C=O) groups excluding carboxylic acids is 2. The summed E-state index contributed by atoms with van der Waals surface area (Å²) in [6, 6.07) is 0. The van der Waals surface area contributed by atoms with E-state index >= 15 is 4.39 Å². The molecule has 0 heterocycles. The molecule has 0 unspecified atom stereocenters. The van der Waals surface area contributed by atoms with Gasteiger partial charge in [-0.3, -0.25) is 9.59 Å². The summed E-state index contributed by atoms with van der Waals surface area (Å²) in [5, 5.41) is 11.7. The predicted molar refractivity (Wildman–Crippen MR) is 117 cm³/mol. The van der Waals surface area contributed by atoms with Crippen molar-refractivity contribution < 1.29 is 28.6 Å². The summed E-state index contributed by atoms with van der Waals surface area (Å²) in [4.78, 5) is 24.3. The van der Waals surface area contributed by atoms with E-state index in [-0.39, 0.29) is 47.4 Å². The lowest BCUT2D eigenvalue weighted by molar-refractivity contribution is -0.183. The lowest BCUT2D eigenvalue weighted by atomic mass is 9.46. The number of aliphatic hydroxyl groups excluding tert-OH is 1. The van der Waals surface area contributed by atoms with Crippen molar-refractivity contribution in [3.8, 4) is 0 Å². The van der Waals surface area contributed by atoms with E-state index in [1.54, 1.807) is 13.0 Å². The largest absolute Gasteiger partial charge is 0.487 e. The summed E-state index contributed by atoms with van der Waals surface area (Å²) in [6.45, 7) is 5.66. The summed E-state index contributed by atoms with van der Waals surface area (Å²) in [7, 11) is 1.47. The fourth-order valence-corrected chi connectivity index (χ4v) is 7.68. The van der Waals surface area contributed by atoms with Crippen molar-refractivity contribution in [1.82, 2.24) is 0 Å². The third-order valence-electron chi connectivity index (χ3n) is 8.69. The Hall–Kier alpha value is -1.60. The Kier molecular flexibility index (Phi) is 5.45. The number of hydrogen-bond donors (Lipinski definition) is 1. The number of thiocarbonyl (C=S) groups is 1. The summed E-state index contributed by atoms with van der Waals surface area (Å²) in [5.41, 5.74) is -2.04. The zero-order valence-corrected chi connectivity index (χ0v) is 19.3. The summed E-state index contributed by atoms with van der Waals surface area (Å²) in [6.07, 6.45) is 4.66. The van der Waals surface area contributed by atoms with Gasteiger partial charge in [-0.1, -0.05) is 26.8 Å². The first-order chi connectivity index (χ1) is 14.5. The monoisotopic (exact) mass is 450 g/mol. The Balaban J connectivity index is 1.79. The smallest absolute Gasteiger partial charge is 0.306 e. The lowest BCUT2D eigenvalue weighted by Crippen LogP contribution is -2.63. The van der Waals surface area contributed by atoms with Gasteiger partial charge in [0, 0.05) is 23.2 Å². The molecule has 7 heteroatoms. The van der Waals surface area contributed by atoms with E-state index in [2.05, 4.69) is 0 Å². The van der Waals surface area contributed by atoms with Crippen molar-refractivity contribution >= 4 is 29.0 Å². The molecule has 0 aliphatic heterocycles. The SMILES string of the molecule is CCC(=O)O[C@]1(C(=S)OC)CC[C@H]2[C@@H]3C[C@H](F)C4=CC(=O)C=C[C@]4(C)[C@H]3[C@@H](O)C[C@@]21C. The second kappa shape index (κ2) is 7.48. The Morgan fingerprint density at radius 2 is 2.10 bits per heavy atom. The molecule has 0 spiro atoms. The van der Waals surface area contributed by atoms with E-state index in [4.69, 9.17) is 21.7 Å². The van der Waals surface area contributed by atoms with E-state index in [0.29, 0.717) is 24.8 Å². The van der Waals surface area contributed by atoms with Gasteiger partial charge < -0.3 is 14.6 Å². The van der Waals surface area contributed by atoms with Gasteiger partial charge in [-0.05, 0) is 67.5 Å². The minimum Gasteiger partial charge on any atom is -0.487 e. The number of methoxy groups -OCH3 is 1. The van der Waals surface area contributed by atoms with Crippen LogP contribution >= 0.6 is 12.2 Å². The summed E-state index contributed by atoms with van der Waals surface area (Å²) in [5.74, 6) is -0.926. The fraction of sp³-hybridized carbons (Fsp3) is 0.708. The van der Waals surface area contributed by atoms with Gasteiger partial charge in [0.2, 0.25) is 5.05 Å². The van der Waals surface area contributed by atoms with Crippen LogP contribution in [0.5, 0.6) is 0 Å². The number of halogens is 1. The topological polar surface area (TPSA) is 72.8 Å². The normalized spacial score (nSPS) is 45.8. The molecule has 4 aliphatic carbocycles. The standard InChI is InChI=1S/C24H31FO5S/c1-5-19(28)30-24(21(31)29-4)9-7-15-14-11-17(25)16-10-13(26)6-8-22(16,2)20(14)18(27)12-23(15,24)3/h6,8,10,14-15,17-18,20,27H,5,7,9,11-12H2,1-4H3/t14-,15-,17-,18-,20+,22-,23-,24-/m0/s1. The number of fused-ring (bicyclic) bond motifs is 5. The highest BCUT2D eigenvalue weighted by molar-refractivity contribution is 7.80. The Morgan fingerprint density at radius 3 is 2.74 bits per heavy atom. The molecule has 1 N–H and O–H groups in total. The minimum atomic E-state index is -1.25. The molecule has 31 heavy (non-hydrogen) atoms. The molecule has 8 atom stereocenters. The van der Waals surface area contributed by atoms with E-state index in [0.717, 1.165) is 0 Å². The molecule has 0 bridgehead atoms. The van der Waals surface area contributed by atoms with Gasteiger partial charge in [-0.2, -0.15) is 0 Å². The van der Waals surface area contributed by atoms with E-state index in [1.807, 2.05) is 13.8 Å². The molecule has 0 aromatic rings. The zero-order valence-electron chi connectivity index (χ0n) is 18.5. The molecule has 0 amide bonds. The maximum atomic E-state index is 15.4. The number of esters is 1. The van der Waals surface area contributed by atoms with Crippen LogP contribution in [-0.4, -0.2) is 46.9 Å². The predicted octanol–water partition coefficient (Wildman–Crippen LogP) is 3.88. The van der Waals surface area contributed by atoms with Crippen LogP contribution in [0.25, 0.3) is 0 Å². The van der Waals surface area contributed by atoms with Crippen LogP contribution in [0.3, 0.4) is 0 Å². The molecule has 4 aliphatic rings. The summed E-state index contributed by atoms with van der Waals surface area (Å²) >= 11 is 5.56. The Morgan fingerprint density at radius 1 is 1.39 bits per heavy atom. The van der Waals surface area contributed by atoms with Crippen LogP contribution in [0, 0.1) is 28.6 Å². The third kappa shape index (κ3) is 2.99. The van der Waals surface area contributed by atoms with E-state index < -0.39 is 28.7 Å². The van der Waals surface area contributed by atoms with Crippen molar-refractivity contribution in [2.45, 2.75) is 70.8 Å². The number of rotatable bonds is 3. The van der Waals surface area contributed by atoms with Crippen LogP contribution in [0.1, 0.15) is 52.9 Å². The minimum absolute atomic E-state index is 0.00121. The van der Waals surface area contributed by atoms with Crippen LogP contribution in [0.4, 0.5) is 4.39 Å². The maximum absolute atomic E-state index is 15.4. The number of carbonyl (C=O) groups is 2. The first kappa shape index (κ1) is 22.6. The Labute approximate surface area is 188 Å². The fourth-order valence-electron chi connectivity index (χ4n) is 7.30. The van der Waals surface area contributed by atoms with Crippen molar-refractivity contribution in [3.63, 3.8) is 0 Å². The molecule has 4 rings (SSSR count). The quantitative estimate of drug-likeness (QED) is 0.520. The van der Waals surface area contributed by atoms with Gasteiger partial charge in [0.15, 0.2) is 11.4 Å². The number of aliphatic hydroxyl groups is 1. The Bertz CT molecular complexity index is 883. The molecule has 0 aromatic carbocycles. The van der Waals surface area contributed by atoms with Crippen molar-refractivity contribution in [2.75, 3.05) is 7.11 Å². The van der Waals surface area contributed by atoms with Crippen molar-refractivity contribution in [3.05, 3.63) is 23.8 Å². The number of alkyl halides is 1. The molecule has 5 nitrogen and oxygen atoms in total. The summed E-state index contributed by atoms with van der Waals surface area (Å²) < 4.78 is 26.9. The van der Waals surface area contributed by atoms with Gasteiger partial charge >= 0.3 is 5.97 Å². The highest BCUT2D eigenvalue weighted by atomic mass is 32.1. The van der Waals surface area contributed by atoms with Crippen LogP contribution in [0.15, 0.2) is 23.8 Å². The van der Waals surface area contributed by atoms with Gasteiger partial charge in [0.1, 0.15) is 6.17 Å². The molecular formula is C24H31FO5S. The zero-order chi connectivity index (χ0) is 22.8. The highest BCUT2D eigenvalue weighted by Gasteiger charge is 2.70. The van der Waals surface area contributed by atoms with Gasteiger partial charge in [-0.25, -0.2) is 4.39 Å². The number of hydrogen-bond acceptors (Lipinski definition) is 6. The molecule has 170 valence electrons. The van der Waals surface area contributed by atoms with Crippen molar-refractivity contribution in [1.29, 1.82) is 0 Å².